The van der Waals surface area contributed by atoms with Gasteiger partial charge in [-0.25, -0.2) is 4.79 Å². The van der Waals surface area contributed by atoms with Crippen LogP contribution in [0.5, 0.6) is 0 Å². The Labute approximate surface area is 115 Å². The van der Waals surface area contributed by atoms with Gasteiger partial charge in [-0.1, -0.05) is 37.3 Å². The minimum atomic E-state index is -0.521. The summed E-state index contributed by atoms with van der Waals surface area (Å²) in [6.07, 6.45) is 5.43. The molecule has 0 bridgehead atoms. The molecule has 102 valence electrons. The third-order valence-electron chi connectivity index (χ3n) is 3.85. The van der Waals surface area contributed by atoms with E-state index < -0.39 is 5.60 Å². The van der Waals surface area contributed by atoms with Crippen molar-refractivity contribution in [2.45, 2.75) is 51.6 Å². The van der Waals surface area contributed by atoms with Crippen LogP contribution in [-0.2, 0) is 21.6 Å². The summed E-state index contributed by atoms with van der Waals surface area (Å²) in [6, 6.07) is 8.31. The number of hydrogen-bond acceptors (Lipinski definition) is 2. The van der Waals surface area contributed by atoms with Gasteiger partial charge in [0.05, 0.1) is 0 Å². The second kappa shape index (κ2) is 5.60. The summed E-state index contributed by atoms with van der Waals surface area (Å²) >= 11 is 0. The van der Waals surface area contributed by atoms with Crippen molar-refractivity contribution in [3.63, 3.8) is 0 Å². The van der Waals surface area contributed by atoms with Gasteiger partial charge in [0.1, 0.15) is 5.60 Å². The molecule has 0 saturated carbocycles. The summed E-state index contributed by atoms with van der Waals surface area (Å²) in [5.74, 6) is -0.294. The quantitative estimate of drug-likeness (QED) is 0.588. The molecule has 0 aromatic heterocycles. The van der Waals surface area contributed by atoms with Gasteiger partial charge in [-0.15, -0.1) is 0 Å². The van der Waals surface area contributed by atoms with Crippen molar-refractivity contribution in [2.24, 2.45) is 0 Å². The van der Waals surface area contributed by atoms with Crippen molar-refractivity contribution in [1.82, 2.24) is 0 Å². The van der Waals surface area contributed by atoms with Gasteiger partial charge >= 0.3 is 5.97 Å². The molecule has 0 fully saturated rings. The van der Waals surface area contributed by atoms with Gasteiger partial charge in [0, 0.05) is 5.57 Å². The first-order valence-corrected chi connectivity index (χ1v) is 7.00. The molecule has 0 N–H and O–H groups in total. The van der Waals surface area contributed by atoms with Gasteiger partial charge in [0.2, 0.25) is 0 Å². The van der Waals surface area contributed by atoms with E-state index in [9.17, 15) is 4.79 Å². The predicted molar refractivity (Wildman–Crippen MR) is 76.9 cm³/mol. The predicted octanol–water partition coefficient (Wildman–Crippen LogP) is 4.14. The highest BCUT2D eigenvalue weighted by Crippen LogP contribution is 2.36. The first-order valence-electron chi connectivity index (χ1n) is 7.00. The fraction of sp³-hybridized carbons (Fsp3) is 0.471. The Morgan fingerprint density at radius 2 is 2.00 bits per heavy atom. The molecule has 1 atom stereocenters. The van der Waals surface area contributed by atoms with E-state index in [1.54, 1.807) is 6.92 Å². The summed E-state index contributed by atoms with van der Waals surface area (Å²) < 4.78 is 5.76. The number of ether oxygens (including phenoxy) is 1. The largest absolute Gasteiger partial charge is 0.451 e. The standard InChI is InChI=1S/C17H22O2/c1-13(2)16(18)19-17(3)12-8-4-5-9-14-10-6-7-11-15(14)17/h6-7,10-11H,1,4-5,8-9,12H2,2-3H3. The van der Waals surface area contributed by atoms with Crippen LogP contribution in [0.2, 0.25) is 0 Å². The molecule has 1 aromatic carbocycles. The van der Waals surface area contributed by atoms with Crippen molar-refractivity contribution in [2.75, 3.05) is 0 Å². The Morgan fingerprint density at radius 3 is 2.74 bits per heavy atom. The highest BCUT2D eigenvalue weighted by molar-refractivity contribution is 5.87. The van der Waals surface area contributed by atoms with Crippen LogP contribution >= 0.6 is 0 Å². The molecule has 0 aliphatic heterocycles. The molecule has 1 aliphatic carbocycles. The number of benzene rings is 1. The van der Waals surface area contributed by atoms with E-state index in [1.165, 1.54) is 18.4 Å². The van der Waals surface area contributed by atoms with Crippen LogP contribution in [0.4, 0.5) is 0 Å². The van der Waals surface area contributed by atoms with Crippen LogP contribution in [-0.4, -0.2) is 5.97 Å². The number of fused-ring (bicyclic) bond motifs is 1. The van der Waals surface area contributed by atoms with Crippen molar-refractivity contribution < 1.29 is 9.53 Å². The Hall–Kier alpha value is -1.57. The molecule has 0 amide bonds. The minimum Gasteiger partial charge on any atom is -0.451 e. The normalized spacial score (nSPS) is 22.8. The van der Waals surface area contributed by atoms with Crippen LogP contribution in [0, 0.1) is 0 Å². The highest BCUT2D eigenvalue weighted by atomic mass is 16.6. The molecule has 0 saturated heterocycles. The fourth-order valence-electron chi connectivity index (χ4n) is 2.74. The molecule has 0 heterocycles. The number of carbonyl (C=O) groups excluding carboxylic acids is 1. The van der Waals surface area contributed by atoms with Crippen molar-refractivity contribution >= 4 is 5.97 Å². The van der Waals surface area contributed by atoms with E-state index in [-0.39, 0.29) is 5.97 Å². The minimum absolute atomic E-state index is 0.294. The van der Waals surface area contributed by atoms with Crippen LogP contribution < -0.4 is 0 Å². The number of rotatable bonds is 2. The zero-order valence-corrected chi connectivity index (χ0v) is 11.9. The lowest BCUT2D eigenvalue weighted by atomic mass is 9.82. The van der Waals surface area contributed by atoms with Crippen LogP contribution in [0.1, 0.15) is 50.7 Å². The van der Waals surface area contributed by atoms with Gasteiger partial charge < -0.3 is 4.74 Å². The monoisotopic (exact) mass is 258 g/mol. The lowest BCUT2D eigenvalue weighted by Crippen LogP contribution is -2.31. The number of carbonyl (C=O) groups is 1. The molecule has 2 heteroatoms. The number of aryl methyl sites for hydroxylation is 1. The summed E-state index contributed by atoms with van der Waals surface area (Å²) in [7, 11) is 0. The molecular formula is C17H22O2. The lowest BCUT2D eigenvalue weighted by Gasteiger charge is -2.33. The van der Waals surface area contributed by atoms with E-state index in [0.29, 0.717) is 5.57 Å². The fourth-order valence-corrected chi connectivity index (χ4v) is 2.74. The van der Waals surface area contributed by atoms with E-state index in [4.69, 9.17) is 4.74 Å². The van der Waals surface area contributed by atoms with Gasteiger partial charge in [-0.3, -0.25) is 0 Å². The highest BCUT2D eigenvalue weighted by Gasteiger charge is 2.33. The van der Waals surface area contributed by atoms with E-state index in [0.717, 1.165) is 24.8 Å². The summed E-state index contributed by atoms with van der Waals surface area (Å²) in [6.45, 7) is 7.40. The second-order valence-corrected chi connectivity index (χ2v) is 5.62. The number of esters is 1. The summed E-state index contributed by atoms with van der Waals surface area (Å²) in [5, 5.41) is 0. The SMILES string of the molecule is C=C(C)C(=O)OC1(C)CCCCCc2ccccc21. The Balaban J connectivity index is 2.37. The first kappa shape index (κ1) is 13.9. The maximum Gasteiger partial charge on any atom is 0.333 e. The van der Waals surface area contributed by atoms with Crippen molar-refractivity contribution in [3.05, 3.63) is 47.5 Å². The van der Waals surface area contributed by atoms with Crippen molar-refractivity contribution in [3.8, 4) is 0 Å². The molecule has 1 unspecified atom stereocenters. The third-order valence-corrected chi connectivity index (χ3v) is 3.85. The first-order chi connectivity index (χ1) is 9.03. The lowest BCUT2D eigenvalue weighted by molar-refractivity contribution is -0.155. The van der Waals surface area contributed by atoms with Crippen LogP contribution in [0.25, 0.3) is 0 Å². The third kappa shape index (κ3) is 3.06. The average Bonchev–Trinajstić information content (AvgIpc) is 2.36. The zero-order chi connectivity index (χ0) is 13.9. The molecule has 1 aliphatic rings. The Morgan fingerprint density at radius 1 is 1.26 bits per heavy atom. The van der Waals surface area contributed by atoms with E-state index in [2.05, 4.69) is 24.8 Å². The molecule has 2 nitrogen and oxygen atoms in total. The van der Waals surface area contributed by atoms with Crippen LogP contribution in [0.3, 0.4) is 0 Å². The molecule has 0 radical (unpaired) electrons. The zero-order valence-electron chi connectivity index (χ0n) is 11.9. The number of hydrogen-bond donors (Lipinski definition) is 0. The Bertz CT molecular complexity index is 490. The molecule has 1 aromatic rings. The summed E-state index contributed by atoms with van der Waals surface area (Å²) in [5.41, 5.74) is 2.40. The van der Waals surface area contributed by atoms with Crippen LogP contribution in [0.15, 0.2) is 36.4 Å². The maximum absolute atomic E-state index is 11.9. The topological polar surface area (TPSA) is 26.3 Å². The Kier molecular flexibility index (Phi) is 4.08. The maximum atomic E-state index is 11.9. The van der Waals surface area contributed by atoms with Gasteiger partial charge in [0.15, 0.2) is 0 Å². The second-order valence-electron chi connectivity index (χ2n) is 5.62. The molecule has 2 rings (SSSR count). The van der Waals surface area contributed by atoms with Crippen molar-refractivity contribution in [1.29, 1.82) is 0 Å². The van der Waals surface area contributed by atoms with E-state index in [1.807, 2.05) is 13.0 Å². The van der Waals surface area contributed by atoms with E-state index >= 15 is 0 Å². The van der Waals surface area contributed by atoms with Gasteiger partial charge in [0.25, 0.3) is 0 Å². The smallest absolute Gasteiger partial charge is 0.333 e. The summed E-state index contributed by atoms with van der Waals surface area (Å²) in [4.78, 5) is 11.9. The van der Waals surface area contributed by atoms with Gasteiger partial charge in [-0.05, 0) is 50.7 Å². The average molecular weight is 258 g/mol. The molecule has 19 heavy (non-hydrogen) atoms. The molecular weight excluding hydrogens is 236 g/mol. The molecule has 0 spiro atoms. The van der Waals surface area contributed by atoms with Gasteiger partial charge in [-0.2, -0.15) is 0 Å².